The predicted molar refractivity (Wildman–Crippen MR) is 73.5 cm³/mol. The maximum atomic E-state index is 4.55. The topological polar surface area (TPSA) is 53.9 Å². The molecule has 0 spiro atoms. The second-order valence-electron chi connectivity index (χ2n) is 4.93. The van der Waals surface area contributed by atoms with Crippen LogP contribution < -0.4 is 5.32 Å². The van der Waals surface area contributed by atoms with Gasteiger partial charge in [0.2, 0.25) is 0 Å². The van der Waals surface area contributed by atoms with Crippen LogP contribution in [-0.4, -0.2) is 40.0 Å². The van der Waals surface area contributed by atoms with E-state index in [1.807, 2.05) is 26.2 Å². The maximum Gasteiger partial charge on any atom is 0.164 e. The molecule has 2 aromatic rings. The molecule has 0 saturated heterocycles. The minimum absolute atomic E-state index is 0.338. The van der Waals surface area contributed by atoms with Crippen molar-refractivity contribution in [3.63, 3.8) is 0 Å². The number of aromatic nitrogens is 3. The van der Waals surface area contributed by atoms with Crippen LogP contribution in [0.3, 0.4) is 0 Å². The van der Waals surface area contributed by atoms with Crippen LogP contribution in [0.5, 0.6) is 0 Å². The second-order valence-corrected chi connectivity index (χ2v) is 4.93. The van der Waals surface area contributed by atoms with E-state index in [4.69, 9.17) is 0 Å². The van der Waals surface area contributed by atoms with E-state index in [9.17, 15) is 0 Å². The van der Waals surface area contributed by atoms with E-state index in [0.717, 1.165) is 29.1 Å². The molecular weight excluding hydrogens is 226 g/mol. The van der Waals surface area contributed by atoms with Gasteiger partial charge in [-0.2, -0.15) is 0 Å². The van der Waals surface area contributed by atoms with Crippen molar-refractivity contribution in [3.8, 4) is 0 Å². The Kier molecular flexibility index (Phi) is 3.72. The maximum absolute atomic E-state index is 4.55. The molecule has 0 bridgehead atoms. The lowest BCUT2D eigenvalue weighted by Crippen LogP contribution is -2.13. The first-order valence-corrected chi connectivity index (χ1v) is 6.08. The molecule has 0 unspecified atom stereocenters. The molecule has 0 aromatic carbocycles. The van der Waals surface area contributed by atoms with E-state index in [1.165, 1.54) is 0 Å². The van der Waals surface area contributed by atoms with Crippen molar-refractivity contribution < 1.29 is 0 Å². The fraction of sp³-hybridized carbons (Fsp3) is 0.462. The second kappa shape index (κ2) is 5.27. The van der Waals surface area contributed by atoms with E-state index >= 15 is 0 Å². The van der Waals surface area contributed by atoms with E-state index < -0.39 is 0 Å². The SMILES string of the molecule is CC(C)Nc1ncnc2nc(CN(C)C)ccc12. The smallest absolute Gasteiger partial charge is 0.164 e. The van der Waals surface area contributed by atoms with Gasteiger partial charge in [0.1, 0.15) is 12.1 Å². The zero-order chi connectivity index (χ0) is 13.1. The van der Waals surface area contributed by atoms with Crippen LogP contribution >= 0.6 is 0 Å². The molecule has 2 heterocycles. The van der Waals surface area contributed by atoms with E-state index in [-0.39, 0.29) is 0 Å². The molecule has 96 valence electrons. The fourth-order valence-electron chi connectivity index (χ4n) is 1.78. The van der Waals surface area contributed by atoms with E-state index in [1.54, 1.807) is 6.33 Å². The van der Waals surface area contributed by atoms with Gasteiger partial charge in [-0.1, -0.05) is 0 Å². The molecule has 0 aliphatic rings. The molecule has 2 aromatic heterocycles. The van der Waals surface area contributed by atoms with Crippen LogP contribution in [0.4, 0.5) is 5.82 Å². The first-order valence-electron chi connectivity index (χ1n) is 6.08. The molecule has 0 atom stereocenters. The third-order valence-corrected chi connectivity index (χ3v) is 2.46. The average Bonchev–Trinajstić information content (AvgIpc) is 2.27. The Hall–Kier alpha value is -1.75. The van der Waals surface area contributed by atoms with Gasteiger partial charge in [0.05, 0.1) is 11.1 Å². The van der Waals surface area contributed by atoms with E-state index in [0.29, 0.717) is 6.04 Å². The minimum atomic E-state index is 0.338. The van der Waals surface area contributed by atoms with Crippen molar-refractivity contribution in [2.45, 2.75) is 26.4 Å². The zero-order valence-corrected chi connectivity index (χ0v) is 11.3. The third-order valence-electron chi connectivity index (χ3n) is 2.46. The largest absolute Gasteiger partial charge is 0.367 e. The molecule has 5 heteroatoms. The summed E-state index contributed by atoms with van der Waals surface area (Å²) in [7, 11) is 4.05. The Balaban J connectivity index is 2.40. The molecule has 0 saturated carbocycles. The standard InChI is InChI=1S/C13H19N5/c1-9(2)16-12-11-6-5-10(7-18(3)4)17-13(11)15-8-14-12/h5-6,8-9H,7H2,1-4H3,(H,14,15,16,17). The van der Waals surface area contributed by atoms with Crippen molar-refractivity contribution in [2.75, 3.05) is 19.4 Å². The Morgan fingerprint density at radius 2 is 2.00 bits per heavy atom. The van der Waals surface area contributed by atoms with Gasteiger partial charge in [-0.05, 0) is 40.1 Å². The highest BCUT2D eigenvalue weighted by atomic mass is 15.1. The van der Waals surface area contributed by atoms with Crippen LogP contribution in [0, 0.1) is 0 Å². The molecule has 0 aliphatic carbocycles. The van der Waals surface area contributed by atoms with Crippen molar-refractivity contribution in [3.05, 3.63) is 24.2 Å². The number of rotatable bonds is 4. The Labute approximate surface area is 107 Å². The molecule has 0 amide bonds. The van der Waals surface area contributed by atoms with E-state index in [2.05, 4.69) is 39.0 Å². The van der Waals surface area contributed by atoms with Crippen LogP contribution in [0.25, 0.3) is 11.0 Å². The summed E-state index contributed by atoms with van der Waals surface area (Å²) < 4.78 is 0. The summed E-state index contributed by atoms with van der Waals surface area (Å²) in [6, 6.07) is 4.40. The third kappa shape index (κ3) is 2.92. The van der Waals surface area contributed by atoms with Gasteiger partial charge in [0, 0.05) is 12.6 Å². The normalized spacial score (nSPS) is 11.4. The molecule has 0 radical (unpaired) electrons. The van der Waals surface area contributed by atoms with Crippen LogP contribution in [0.2, 0.25) is 0 Å². The summed E-state index contributed by atoms with van der Waals surface area (Å²) >= 11 is 0. The molecule has 18 heavy (non-hydrogen) atoms. The Bertz CT molecular complexity index is 536. The number of nitrogens with zero attached hydrogens (tertiary/aromatic N) is 4. The fourth-order valence-corrected chi connectivity index (χ4v) is 1.78. The highest BCUT2D eigenvalue weighted by Crippen LogP contribution is 2.18. The highest BCUT2D eigenvalue weighted by molar-refractivity contribution is 5.86. The number of nitrogens with one attached hydrogen (secondary N) is 1. The van der Waals surface area contributed by atoms with Gasteiger partial charge in [0.25, 0.3) is 0 Å². The van der Waals surface area contributed by atoms with Crippen molar-refractivity contribution >= 4 is 16.9 Å². The monoisotopic (exact) mass is 245 g/mol. The lowest BCUT2D eigenvalue weighted by molar-refractivity contribution is 0.397. The van der Waals surface area contributed by atoms with Crippen LogP contribution in [0.1, 0.15) is 19.5 Å². The molecule has 0 fully saturated rings. The first kappa shape index (κ1) is 12.7. The van der Waals surface area contributed by atoms with Crippen molar-refractivity contribution in [2.24, 2.45) is 0 Å². The van der Waals surface area contributed by atoms with Gasteiger partial charge >= 0.3 is 0 Å². The van der Waals surface area contributed by atoms with Gasteiger partial charge < -0.3 is 10.2 Å². The molecule has 2 rings (SSSR count). The Morgan fingerprint density at radius 3 is 2.67 bits per heavy atom. The highest BCUT2D eigenvalue weighted by Gasteiger charge is 2.07. The number of pyridine rings is 1. The summed E-state index contributed by atoms with van der Waals surface area (Å²) in [5.74, 6) is 0.846. The van der Waals surface area contributed by atoms with Crippen molar-refractivity contribution in [1.82, 2.24) is 19.9 Å². The van der Waals surface area contributed by atoms with Crippen LogP contribution in [-0.2, 0) is 6.54 Å². The molecule has 1 N–H and O–H groups in total. The summed E-state index contributed by atoms with van der Waals surface area (Å²) in [4.78, 5) is 15.1. The van der Waals surface area contributed by atoms with Gasteiger partial charge in [0.15, 0.2) is 5.65 Å². The van der Waals surface area contributed by atoms with Gasteiger partial charge in [-0.3, -0.25) is 0 Å². The quantitative estimate of drug-likeness (QED) is 0.891. The number of hydrogen-bond donors (Lipinski definition) is 1. The van der Waals surface area contributed by atoms with Crippen LogP contribution in [0.15, 0.2) is 18.5 Å². The summed E-state index contributed by atoms with van der Waals surface area (Å²) in [5.41, 5.74) is 1.76. The number of anilines is 1. The summed E-state index contributed by atoms with van der Waals surface area (Å²) in [5, 5.41) is 4.27. The molecule has 0 aliphatic heterocycles. The van der Waals surface area contributed by atoms with Gasteiger partial charge in [-0.25, -0.2) is 15.0 Å². The zero-order valence-electron chi connectivity index (χ0n) is 11.3. The molecular formula is C13H19N5. The molecule has 5 nitrogen and oxygen atoms in total. The summed E-state index contributed by atoms with van der Waals surface area (Å²) in [6.45, 7) is 4.98. The predicted octanol–water partition coefficient (Wildman–Crippen LogP) is 1.91. The lowest BCUT2D eigenvalue weighted by atomic mass is 10.2. The minimum Gasteiger partial charge on any atom is -0.367 e. The average molecular weight is 245 g/mol. The Morgan fingerprint density at radius 1 is 1.22 bits per heavy atom. The number of fused-ring (bicyclic) bond motifs is 1. The van der Waals surface area contributed by atoms with Gasteiger partial charge in [-0.15, -0.1) is 0 Å². The lowest BCUT2D eigenvalue weighted by Gasteiger charge is -2.12. The summed E-state index contributed by atoms with van der Waals surface area (Å²) in [6.07, 6.45) is 1.56. The number of hydrogen-bond acceptors (Lipinski definition) is 5. The van der Waals surface area contributed by atoms with Crippen molar-refractivity contribution in [1.29, 1.82) is 0 Å². The first-order chi connectivity index (χ1) is 8.56.